The van der Waals surface area contributed by atoms with Gasteiger partial charge in [-0.2, -0.15) is 0 Å². The Hall–Kier alpha value is -2.77. The van der Waals surface area contributed by atoms with Gasteiger partial charge in [0.2, 0.25) is 0 Å². The number of nitrogens with zero attached hydrogens (tertiary/aromatic N) is 4. The fourth-order valence-corrected chi connectivity index (χ4v) is 3.79. The molecule has 0 bridgehead atoms. The highest BCUT2D eigenvalue weighted by Gasteiger charge is 2.20. The van der Waals surface area contributed by atoms with Crippen LogP contribution in [-0.2, 0) is 18.3 Å². The van der Waals surface area contributed by atoms with E-state index in [0.717, 1.165) is 55.3 Å². The molecule has 1 aromatic heterocycles. The summed E-state index contributed by atoms with van der Waals surface area (Å²) in [6, 6.07) is 12.0. The standard InChI is InChI=1S/C23H27FN4O2/c1-17-25-21-15-19(5-8-22(21)26(17)2)23(29)28(10-9-27-11-13-30-14-12-27)16-18-3-6-20(24)7-4-18/h3-8,15H,9-14,16H2,1-2H3. The van der Waals surface area contributed by atoms with E-state index >= 15 is 0 Å². The fourth-order valence-electron chi connectivity index (χ4n) is 3.79. The van der Waals surface area contributed by atoms with Crippen molar-refractivity contribution in [3.05, 3.63) is 65.2 Å². The molecule has 6 nitrogen and oxygen atoms in total. The molecule has 158 valence electrons. The first-order valence-corrected chi connectivity index (χ1v) is 10.3. The van der Waals surface area contributed by atoms with Gasteiger partial charge in [-0.3, -0.25) is 9.69 Å². The van der Waals surface area contributed by atoms with E-state index in [-0.39, 0.29) is 11.7 Å². The summed E-state index contributed by atoms with van der Waals surface area (Å²) in [6.07, 6.45) is 0. The molecule has 1 fully saturated rings. The molecule has 0 radical (unpaired) electrons. The number of carbonyl (C=O) groups excluding carboxylic acids is 1. The number of aromatic nitrogens is 2. The van der Waals surface area contributed by atoms with Crippen LogP contribution < -0.4 is 0 Å². The first kappa shape index (κ1) is 20.5. The van der Waals surface area contributed by atoms with Crippen LogP contribution in [-0.4, -0.2) is 64.7 Å². The maximum absolute atomic E-state index is 13.4. The Kier molecular flexibility index (Phi) is 6.11. The lowest BCUT2D eigenvalue weighted by molar-refractivity contribution is 0.0320. The number of hydrogen-bond donors (Lipinski definition) is 0. The van der Waals surface area contributed by atoms with Gasteiger partial charge in [-0.15, -0.1) is 0 Å². The van der Waals surface area contributed by atoms with Crippen molar-refractivity contribution >= 4 is 16.9 Å². The molecule has 1 aliphatic heterocycles. The molecule has 0 atom stereocenters. The Morgan fingerprint density at radius 2 is 1.90 bits per heavy atom. The van der Waals surface area contributed by atoms with Gasteiger partial charge < -0.3 is 14.2 Å². The Morgan fingerprint density at radius 1 is 1.17 bits per heavy atom. The number of fused-ring (bicyclic) bond motifs is 1. The molecule has 3 aromatic rings. The highest BCUT2D eigenvalue weighted by Crippen LogP contribution is 2.19. The van der Waals surface area contributed by atoms with Crippen molar-refractivity contribution in [2.24, 2.45) is 7.05 Å². The third kappa shape index (κ3) is 4.52. The summed E-state index contributed by atoms with van der Waals surface area (Å²) in [7, 11) is 1.97. The molecule has 1 amide bonds. The molecular weight excluding hydrogens is 383 g/mol. The van der Waals surface area contributed by atoms with Gasteiger partial charge in [-0.05, 0) is 42.8 Å². The number of halogens is 1. The zero-order valence-electron chi connectivity index (χ0n) is 17.5. The number of carbonyl (C=O) groups is 1. The zero-order valence-corrected chi connectivity index (χ0v) is 17.5. The third-order valence-corrected chi connectivity index (χ3v) is 5.72. The molecule has 0 aliphatic carbocycles. The molecule has 0 unspecified atom stereocenters. The van der Waals surface area contributed by atoms with Gasteiger partial charge in [-0.25, -0.2) is 9.37 Å². The summed E-state index contributed by atoms with van der Waals surface area (Å²) >= 11 is 0. The molecule has 0 N–H and O–H groups in total. The Bertz CT molecular complexity index is 1030. The molecule has 1 saturated heterocycles. The van der Waals surface area contributed by atoms with Crippen molar-refractivity contribution in [3.8, 4) is 0 Å². The molecule has 2 aromatic carbocycles. The van der Waals surface area contributed by atoms with E-state index in [4.69, 9.17) is 4.74 Å². The molecule has 0 spiro atoms. The van der Waals surface area contributed by atoms with Crippen LogP contribution >= 0.6 is 0 Å². The second-order valence-electron chi connectivity index (χ2n) is 7.73. The van der Waals surface area contributed by atoms with Gasteiger partial charge in [0.05, 0.1) is 24.2 Å². The lowest BCUT2D eigenvalue weighted by Gasteiger charge is -2.30. The number of morpholine rings is 1. The molecule has 2 heterocycles. The van der Waals surface area contributed by atoms with Crippen LogP contribution in [0, 0.1) is 12.7 Å². The van der Waals surface area contributed by atoms with E-state index in [9.17, 15) is 9.18 Å². The van der Waals surface area contributed by atoms with E-state index in [0.29, 0.717) is 18.7 Å². The minimum absolute atomic E-state index is 0.0437. The van der Waals surface area contributed by atoms with E-state index < -0.39 is 0 Å². The van der Waals surface area contributed by atoms with Crippen LogP contribution in [0.15, 0.2) is 42.5 Å². The van der Waals surface area contributed by atoms with Crippen molar-refractivity contribution in [2.75, 3.05) is 39.4 Å². The van der Waals surface area contributed by atoms with Gasteiger partial charge in [0.1, 0.15) is 11.6 Å². The van der Waals surface area contributed by atoms with Crippen molar-refractivity contribution < 1.29 is 13.9 Å². The molecule has 0 saturated carbocycles. The van der Waals surface area contributed by atoms with E-state index in [1.165, 1.54) is 12.1 Å². The number of imidazole rings is 1. The maximum atomic E-state index is 13.4. The van der Waals surface area contributed by atoms with Crippen LogP contribution in [0.5, 0.6) is 0 Å². The third-order valence-electron chi connectivity index (χ3n) is 5.72. The quantitative estimate of drug-likeness (QED) is 0.627. The first-order chi connectivity index (χ1) is 14.5. The number of ether oxygens (including phenoxy) is 1. The predicted octanol–water partition coefficient (Wildman–Crippen LogP) is 3.00. The number of rotatable bonds is 6. The van der Waals surface area contributed by atoms with Crippen LogP contribution in [0.2, 0.25) is 0 Å². The second kappa shape index (κ2) is 8.93. The minimum atomic E-state index is -0.277. The summed E-state index contributed by atoms with van der Waals surface area (Å²) in [4.78, 5) is 22.1. The van der Waals surface area contributed by atoms with E-state index in [2.05, 4.69) is 9.88 Å². The van der Waals surface area contributed by atoms with Crippen molar-refractivity contribution in [1.82, 2.24) is 19.4 Å². The maximum Gasteiger partial charge on any atom is 0.254 e. The second-order valence-corrected chi connectivity index (χ2v) is 7.73. The lowest BCUT2D eigenvalue weighted by Crippen LogP contribution is -2.42. The molecular formula is C23H27FN4O2. The summed E-state index contributed by atoms with van der Waals surface area (Å²) < 4.78 is 20.7. The summed E-state index contributed by atoms with van der Waals surface area (Å²) in [5.74, 6) is 0.587. The van der Waals surface area contributed by atoms with Gasteiger partial charge in [0.25, 0.3) is 5.91 Å². The topological polar surface area (TPSA) is 50.6 Å². The highest BCUT2D eigenvalue weighted by molar-refractivity contribution is 5.97. The SMILES string of the molecule is Cc1nc2cc(C(=O)N(CCN3CCOCC3)Cc3ccc(F)cc3)ccc2n1C. The van der Waals surface area contributed by atoms with Crippen molar-refractivity contribution in [2.45, 2.75) is 13.5 Å². The van der Waals surface area contributed by atoms with Gasteiger partial charge >= 0.3 is 0 Å². The van der Waals surface area contributed by atoms with E-state index in [1.54, 1.807) is 12.1 Å². The highest BCUT2D eigenvalue weighted by atomic mass is 19.1. The smallest absolute Gasteiger partial charge is 0.254 e. The van der Waals surface area contributed by atoms with Crippen LogP contribution in [0.4, 0.5) is 4.39 Å². The lowest BCUT2D eigenvalue weighted by atomic mass is 10.1. The first-order valence-electron chi connectivity index (χ1n) is 10.3. The van der Waals surface area contributed by atoms with Gasteiger partial charge in [0, 0.05) is 45.3 Å². The average Bonchev–Trinajstić information content (AvgIpc) is 3.05. The van der Waals surface area contributed by atoms with E-state index in [1.807, 2.05) is 41.6 Å². The Labute approximate surface area is 175 Å². The zero-order chi connectivity index (χ0) is 21.1. The molecule has 4 rings (SSSR count). The largest absolute Gasteiger partial charge is 0.379 e. The molecule has 30 heavy (non-hydrogen) atoms. The fraction of sp³-hybridized carbons (Fsp3) is 0.391. The minimum Gasteiger partial charge on any atom is -0.379 e. The Morgan fingerprint density at radius 3 is 2.63 bits per heavy atom. The monoisotopic (exact) mass is 410 g/mol. The predicted molar refractivity (Wildman–Crippen MR) is 114 cm³/mol. The van der Waals surface area contributed by atoms with Crippen LogP contribution in [0.25, 0.3) is 11.0 Å². The molecule has 7 heteroatoms. The summed E-state index contributed by atoms with van der Waals surface area (Å²) in [6.45, 7) is 6.95. The van der Waals surface area contributed by atoms with Gasteiger partial charge in [0.15, 0.2) is 0 Å². The molecule has 1 aliphatic rings. The number of amides is 1. The van der Waals surface area contributed by atoms with Crippen LogP contribution in [0.3, 0.4) is 0 Å². The summed E-state index contributed by atoms with van der Waals surface area (Å²) in [5, 5.41) is 0. The summed E-state index contributed by atoms with van der Waals surface area (Å²) in [5.41, 5.74) is 3.34. The van der Waals surface area contributed by atoms with Crippen molar-refractivity contribution in [1.29, 1.82) is 0 Å². The van der Waals surface area contributed by atoms with Gasteiger partial charge in [-0.1, -0.05) is 12.1 Å². The number of benzene rings is 2. The van der Waals surface area contributed by atoms with Crippen molar-refractivity contribution in [3.63, 3.8) is 0 Å². The average molecular weight is 410 g/mol. The normalized spacial score (nSPS) is 14.9. The van der Waals surface area contributed by atoms with Crippen LogP contribution in [0.1, 0.15) is 21.7 Å². The number of aryl methyl sites for hydroxylation is 2. The Balaban J connectivity index is 1.56. The number of hydrogen-bond acceptors (Lipinski definition) is 4.